The second-order valence-corrected chi connectivity index (χ2v) is 8.00. The molecule has 5 aromatic heterocycles. The Morgan fingerprint density at radius 3 is 2.83 bits per heavy atom. The van der Waals surface area contributed by atoms with Crippen molar-refractivity contribution in [1.82, 2.24) is 33.7 Å². The van der Waals surface area contributed by atoms with E-state index in [1.54, 1.807) is 24.6 Å². The summed E-state index contributed by atoms with van der Waals surface area (Å²) >= 11 is 0. The first-order chi connectivity index (χ1) is 14.0. The first-order valence-corrected chi connectivity index (χ1v) is 9.57. The Hall–Kier alpha value is -3.46. The van der Waals surface area contributed by atoms with E-state index in [2.05, 4.69) is 15.0 Å². The van der Waals surface area contributed by atoms with Crippen LogP contribution in [0.1, 0.15) is 38.4 Å². The summed E-state index contributed by atoms with van der Waals surface area (Å²) in [5.41, 5.74) is 3.55. The van der Waals surface area contributed by atoms with Crippen LogP contribution in [0.4, 0.5) is 0 Å². The lowest BCUT2D eigenvalue weighted by Crippen LogP contribution is -2.18. The molecule has 6 rings (SSSR count). The van der Waals surface area contributed by atoms with E-state index < -0.39 is 5.60 Å². The van der Waals surface area contributed by atoms with E-state index in [4.69, 9.17) is 9.62 Å². The fourth-order valence-corrected chi connectivity index (χ4v) is 3.70. The van der Waals surface area contributed by atoms with E-state index in [-0.39, 0.29) is 0 Å². The van der Waals surface area contributed by atoms with Gasteiger partial charge in [0.05, 0.1) is 17.9 Å². The molecule has 5 aromatic rings. The van der Waals surface area contributed by atoms with Gasteiger partial charge < -0.3 is 14.0 Å². The largest absolute Gasteiger partial charge is 0.384 e. The predicted octanol–water partition coefficient (Wildman–Crippen LogP) is 3.06. The maximum Gasteiger partial charge on any atom is 0.267 e. The molecule has 1 aliphatic rings. The molecule has 1 fully saturated rings. The van der Waals surface area contributed by atoms with Crippen molar-refractivity contribution in [3.63, 3.8) is 0 Å². The van der Waals surface area contributed by atoms with Gasteiger partial charge in [-0.05, 0) is 44.9 Å². The molecule has 0 spiro atoms. The van der Waals surface area contributed by atoms with E-state index in [1.807, 2.05) is 39.7 Å². The molecule has 9 nitrogen and oxygen atoms in total. The van der Waals surface area contributed by atoms with Crippen LogP contribution in [0.5, 0.6) is 0 Å². The molecule has 1 N–H and O–H groups in total. The summed E-state index contributed by atoms with van der Waals surface area (Å²) in [6.45, 7) is 3.49. The van der Waals surface area contributed by atoms with Gasteiger partial charge >= 0.3 is 0 Å². The molecule has 29 heavy (non-hydrogen) atoms. The van der Waals surface area contributed by atoms with Gasteiger partial charge in [-0.2, -0.15) is 10.1 Å². The van der Waals surface area contributed by atoms with Crippen molar-refractivity contribution in [3.8, 4) is 22.6 Å². The lowest BCUT2D eigenvalue weighted by Gasteiger charge is -2.16. The smallest absolute Gasteiger partial charge is 0.267 e. The Morgan fingerprint density at radius 2 is 2.03 bits per heavy atom. The van der Waals surface area contributed by atoms with Crippen molar-refractivity contribution < 1.29 is 9.63 Å². The first kappa shape index (κ1) is 16.5. The van der Waals surface area contributed by atoms with Crippen LogP contribution >= 0.6 is 0 Å². The van der Waals surface area contributed by atoms with Gasteiger partial charge in [0.2, 0.25) is 6.39 Å². The third-order valence-electron chi connectivity index (χ3n) is 5.32. The molecule has 0 amide bonds. The quantitative estimate of drug-likeness (QED) is 0.507. The molecule has 0 aromatic carbocycles. The van der Waals surface area contributed by atoms with Crippen LogP contribution in [0.25, 0.3) is 34.1 Å². The molecule has 0 aliphatic heterocycles. The number of hydrogen-bond donors (Lipinski definition) is 1. The molecular weight excluding hydrogens is 370 g/mol. The van der Waals surface area contributed by atoms with Crippen molar-refractivity contribution in [3.05, 3.63) is 48.9 Å². The molecule has 0 unspecified atom stereocenters. The summed E-state index contributed by atoms with van der Waals surface area (Å²) in [7, 11) is 0. The van der Waals surface area contributed by atoms with Gasteiger partial charge in [0.1, 0.15) is 28.3 Å². The standard InChI is InChI=1S/C20H19N7O2/c1-20(2,28)15-9-21-16-6-3-12(10-25(15)16)17-18(27-19(23-17)22-11-29-27)14-7-8-26(24-14)13-4-5-13/h3,6-11,13,28H,4-5H2,1-2H3. The number of rotatable bonds is 4. The van der Waals surface area contributed by atoms with Crippen LogP contribution in [0, 0.1) is 0 Å². The van der Waals surface area contributed by atoms with Gasteiger partial charge in [-0.3, -0.25) is 4.68 Å². The summed E-state index contributed by atoms with van der Waals surface area (Å²) in [4.78, 5) is 13.3. The third-order valence-corrected chi connectivity index (χ3v) is 5.32. The molecule has 0 saturated heterocycles. The average molecular weight is 389 g/mol. The van der Waals surface area contributed by atoms with Crippen LogP contribution in [-0.2, 0) is 5.60 Å². The van der Waals surface area contributed by atoms with Crippen LogP contribution in [0.15, 0.2) is 47.7 Å². The van der Waals surface area contributed by atoms with Crippen LogP contribution in [0.3, 0.4) is 0 Å². The zero-order valence-corrected chi connectivity index (χ0v) is 16.0. The predicted molar refractivity (Wildman–Crippen MR) is 104 cm³/mol. The molecular formula is C20H19N7O2. The Morgan fingerprint density at radius 1 is 1.17 bits per heavy atom. The highest BCUT2D eigenvalue weighted by Crippen LogP contribution is 2.37. The number of pyridine rings is 1. The number of fused-ring (bicyclic) bond motifs is 2. The summed E-state index contributed by atoms with van der Waals surface area (Å²) in [6.07, 6.45) is 9.32. The third kappa shape index (κ3) is 2.51. The summed E-state index contributed by atoms with van der Waals surface area (Å²) in [6, 6.07) is 6.33. The van der Waals surface area contributed by atoms with Crippen molar-refractivity contribution in [2.75, 3.05) is 0 Å². The second-order valence-electron chi connectivity index (χ2n) is 8.00. The average Bonchev–Trinajstić information content (AvgIpc) is 3.08. The van der Waals surface area contributed by atoms with Gasteiger partial charge in [0.25, 0.3) is 5.78 Å². The molecule has 1 aliphatic carbocycles. The first-order valence-electron chi connectivity index (χ1n) is 9.57. The molecule has 0 atom stereocenters. The Balaban J connectivity index is 1.57. The van der Waals surface area contributed by atoms with Crippen LogP contribution in [-0.4, -0.2) is 38.8 Å². The second kappa shape index (κ2) is 5.54. The molecule has 146 valence electrons. The normalized spacial score (nSPS) is 15.0. The van der Waals surface area contributed by atoms with Crippen molar-refractivity contribution in [1.29, 1.82) is 0 Å². The number of aliphatic hydroxyl groups is 1. The minimum absolute atomic E-state index is 0.476. The van der Waals surface area contributed by atoms with Gasteiger partial charge in [-0.25, -0.2) is 9.97 Å². The van der Waals surface area contributed by atoms with E-state index in [9.17, 15) is 5.11 Å². The molecule has 0 radical (unpaired) electrons. The Kier molecular flexibility index (Phi) is 3.15. The SMILES string of the molecule is CC(C)(O)c1cnc2ccc(-c3nc4ncon4c3-c3ccn(C4CC4)n3)cn12. The Bertz CT molecular complexity index is 1360. The maximum absolute atomic E-state index is 10.5. The number of nitrogens with zero attached hydrogens (tertiary/aromatic N) is 7. The fourth-order valence-electron chi connectivity index (χ4n) is 3.70. The van der Waals surface area contributed by atoms with E-state index >= 15 is 0 Å². The highest BCUT2D eigenvalue weighted by Gasteiger charge is 2.27. The zero-order valence-electron chi connectivity index (χ0n) is 16.0. The van der Waals surface area contributed by atoms with Crippen molar-refractivity contribution in [2.45, 2.75) is 38.3 Å². The monoisotopic (exact) mass is 389 g/mol. The van der Waals surface area contributed by atoms with Gasteiger partial charge in [-0.1, -0.05) is 0 Å². The van der Waals surface area contributed by atoms with E-state index in [0.29, 0.717) is 17.5 Å². The molecule has 0 bridgehead atoms. The number of imidazole rings is 2. The highest BCUT2D eigenvalue weighted by molar-refractivity contribution is 5.79. The van der Waals surface area contributed by atoms with Crippen molar-refractivity contribution >= 4 is 11.4 Å². The van der Waals surface area contributed by atoms with Gasteiger partial charge in [0.15, 0.2) is 0 Å². The highest BCUT2D eigenvalue weighted by atomic mass is 16.5. The maximum atomic E-state index is 10.5. The van der Waals surface area contributed by atoms with Gasteiger partial charge in [0, 0.05) is 18.0 Å². The Labute approximate surface area is 165 Å². The van der Waals surface area contributed by atoms with Gasteiger partial charge in [-0.15, -0.1) is 4.57 Å². The zero-order chi connectivity index (χ0) is 19.8. The molecule has 5 heterocycles. The van der Waals surface area contributed by atoms with Crippen LogP contribution < -0.4 is 0 Å². The number of hydrogen-bond acceptors (Lipinski definition) is 6. The minimum atomic E-state index is -1.02. The van der Waals surface area contributed by atoms with E-state index in [1.165, 1.54) is 6.39 Å². The summed E-state index contributed by atoms with van der Waals surface area (Å²) in [5, 5.41) is 15.2. The minimum Gasteiger partial charge on any atom is -0.384 e. The summed E-state index contributed by atoms with van der Waals surface area (Å²) in [5.74, 6) is 0.476. The summed E-state index contributed by atoms with van der Waals surface area (Å²) < 4.78 is 11.1. The van der Waals surface area contributed by atoms with E-state index in [0.717, 1.165) is 41.1 Å². The van der Waals surface area contributed by atoms with Crippen LogP contribution in [0.2, 0.25) is 0 Å². The lowest BCUT2D eigenvalue weighted by molar-refractivity contribution is 0.0730. The topological polar surface area (TPSA) is 98.7 Å². The van der Waals surface area contributed by atoms with Crippen molar-refractivity contribution in [2.24, 2.45) is 0 Å². The number of aromatic nitrogens is 7. The molecule has 9 heteroatoms. The lowest BCUT2D eigenvalue weighted by atomic mass is 10.1. The fraction of sp³-hybridized carbons (Fsp3) is 0.300. The molecule has 1 saturated carbocycles.